The quantitative estimate of drug-likeness (QED) is 0.773. The maximum absolute atomic E-state index is 11.9. The lowest BCUT2D eigenvalue weighted by Crippen LogP contribution is -2.35. The van der Waals surface area contributed by atoms with E-state index in [1.807, 2.05) is 12.1 Å². The van der Waals surface area contributed by atoms with Gasteiger partial charge in [-0.1, -0.05) is 13.0 Å². The van der Waals surface area contributed by atoms with E-state index >= 15 is 0 Å². The highest BCUT2D eigenvalue weighted by molar-refractivity contribution is 5.96. The molecule has 1 atom stereocenters. The first-order valence-corrected chi connectivity index (χ1v) is 6.63. The Morgan fingerprint density at radius 3 is 2.68 bits per heavy atom. The Morgan fingerprint density at radius 1 is 1.32 bits per heavy atom. The van der Waals surface area contributed by atoms with Gasteiger partial charge >= 0.3 is 0 Å². The van der Waals surface area contributed by atoms with E-state index in [0.29, 0.717) is 17.8 Å². The summed E-state index contributed by atoms with van der Waals surface area (Å²) >= 11 is 0. The van der Waals surface area contributed by atoms with Crippen LogP contribution in [0.15, 0.2) is 24.3 Å². The smallest absolute Gasteiger partial charge is 0.241 e. The van der Waals surface area contributed by atoms with Crippen LogP contribution in [0.2, 0.25) is 0 Å². The molecule has 3 N–H and O–H groups in total. The highest BCUT2D eigenvalue weighted by Crippen LogP contribution is 2.16. The summed E-state index contributed by atoms with van der Waals surface area (Å²) in [4.78, 5) is 23.3. The standard InChI is InChI=1S/C14H19N3O2/c1-2-13(18)16-10-5-3-6-11(9-10)17-14(19)12-7-4-8-15-12/h3,5-6,9,12,15H,2,4,7-8H2,1H3,(H,16,18)(H,17,19). The molecular weight excluding hydrogens is 242 g/mol. The highest BCUT2D eigenvalue weighted by Gasteiger charge is 2.21. The van der Waals surface area contributed by atoms with E-state index < -0.39 is 0 Å². The van der Waals surface area contributed by atoms with Crippen LogP contribution in [0.1, 0.15) is 26.2 Å². The molecule has 2 amide bonds. The third kappa shape index (κ3) is 3.79. The lowest BCUT2D eigenvalue weighted by atomic mass is 10.2. The number of carbonyl (C=O) groups is 2. The molecule has 0 saturated carbocycles. The Balaban J connectivity index is 1.98. The molecule has 1 unspecified atom stereocenters. The number of nitrogens with one attached hydrogen (secondary N) is 3. The first-order chi connectivity index (χ1) is 9.19. The highest BCUT2D eigenvalue weighted by atomic mass is 16.2. The van der Waals surface area contributed by atoms with E-state index in [2.05, 4.69) is 16.0 Å². The van der Waals surface area contributed by atoms with Crippen molar-refractivity contribution in [3.63, 3.8) is 0 Å². The Labute approximate surface area is 112 Å². The van der Waals surface area contributed by atoms with Crippen LogP contribution < -0.4 is 16.0 Å². The van der Waals surface area contributed by atoms with Crippen LogP contribution in [0.4, 0.5) is 11.4 Å². The van der Waals surface area contributed by atoms with Crippen molar-refractivity contribution in [2.75, 3.05) is 17.2 Å². The molecular formula is C14H19N3O2. The maximum atomic E-state index is 11.9. The van der Waals surface area contributed by atoms with Crippen molar-refractivity contribution in [3.8, 4) is 0 Å². The van der Waals surface area contributed by atoms with Crippen molar-refractivity contribution in [1.29, 1.82) is 0 Å². The van der Waals surface area contributed by atoms with E-state index in [0.717, 1.165) is 19.4 Å². The fourth-order valence-corrected chi connectivity index (χ4v) is 2.06. The van der Waals surface area contributed by atoms with Crippen molar-refractivity contribution in [1.82, 2.24) is 5.32 Å². The van der Waals surface area contributed by atoms with E-state index in [4.69, 9.17) is 0 Å². The van der Waals surface area contributed by atoms with Gasteiger partial charge in [0.15, 0.2) is 0 Å². The van der Waals surface area contributed by atoms with Gasteiger partial charge in [0.1, 0.15) is 0 Å². The minimum atomic E-state index is -0.103. The normalized spacial score (nSPS) is 18.1. The van der Waals surface area contributed by atoms with Gasteiger partial charge in [-0.3, -0.25) is 9.59 Å². The second-order valence-electron chi connectivity index (χ2n) is 4.62. The molecule has 1 aliphatic heterocycles. The van der Waals surface area contributed by atoms with Gasteiger partial charge in [0.25, 0.3) is 0 Å². The summed E-state index contributed by atoms with van der Waals surface area (Å²) in [5.74, 6) is -0.0580. The molecule has 0 aliphatic carbocycles. The lowest BCUT2D eigenvalue weighted by molar-refractivity contribution is -0.118. The molecule has 1 fully saturated rings. The minimum Gasteiger partial charge on any atom is -0.326 e. The average Bonchev–Trinajstić information content (AvgIpc) is 2.93. The second kappa shape index (κ2) is 6.33. The van der Waals surface area contributed by atoms with Gasteiger partial charge in [-0.25, -0.2) is 0 Å². The van der Waals surface area contributed by atoms with Gasteiger partial charge in [0.05, 0.1) is 6.04 Å². The molecule has 0 radical (unpaired) electrons. The second-order valence-corrected chi connectivity index (χ2v) is 4.62. The molecule has 1 heterocycles. The van der Waals surface area contributed by atoms with Crippen molar-refractivity contribution in [3.05, 3.63) is 24.3 Å². The van der Waals surface area contributed by atoms with Gasteiger partial charge in [0, 0.05) is 17.8 Å². The Kier molecular flexibility index (Phi) is 4.52. The fraction of sp³-hybridized carbons (Fsp3) is 0.429. The van der Waals surface area contributed by atoms with Crippen LogP contribution in [0.25, 0.3) is 0 Å². The van der Waals surface area contributed by atoms with Crippen molar-refractivity contribution in [2.24, 2.45) is 0 Å². The molecule has 2 rings (SSSR count). The van der Waals surface area contributed by atoms with Crippen molar-refractivity contribution in [2.45, 2.75) is 32.2 Å². The molecule has 0 bridgehead atoms. The molecule has 1 aliphatic rings. The molecule has 5 heteroatoms. The Morgan fingerprint density at radius 2 is 2.05 bits per heavy atom. The number of anilines is 2. The first kappa shape index (κ1) is 13.5. The molecule has 19 heavy (non-hydrogen) atoms. The Bertz CT molecular complexity index is 468. The predicted molar refractivity (Wildman–Crippen MR) is 75.0 cm³/mol. The molecule has 1 aromatic rings. The number of benzene rings is 1. The SMILES string of the molecule is CCC(=O)Nc1cccc(NC(=O)C2CCCN2)c1. The predicted octanol–water partition coefficient (Wildman–Crippen LogP) is 1.73. The molecule has 102 valence electrons. The van der Waals surface area contributed by atoms with Crippen LogP contribution in [-0.2, 0) is 9.59 Å². The van der Waals surface area contributed by atoms with Crippen LogP contribution >= 0.6 is 0 Å². The van der Waals surface area contributed by atoms with Gasteiger partial charge in [-0.05, 0) is 37.6 Å². The van der Waals surface area contributed by atoms with Gasteiger partial charge in [-0.15, -0.1) is 0 Å². The first-order valence-electron chi connectivity index (χ1n) is 6.63. The number of rotatable bonds is 4. The number of amides is 2. The zero-order chi connectivity index (χ0) is 13.7. The van der Waals surface area contributed by atoms with Crippen LogP contribution in [0, 0.1) is 0 Å². The lowest BCUT2D eigenvalue weighted by Gasteiger charge is -2.12. The summed E-state index contributed by atoms with van der Waals surface area (Å²) in [6.45, 7) is 2.69. The summed E-state index contributed by atoms with van der Waals surface area (Å²) in [7, 11) is 0. The van der Waals surface area contributed by atoms with Crippen LogP contribution in [0.3, 0.4) is 0 Å². The van der Waals surface area contributed by atoms with Gasteiger partial charge in [-0.2, -0.15) is 0 Å². The number of carbonyl (C=O) groups excluding carboxylic acids is 2. The number of hydrogen-bond donors (Lipinski definition) is 3. The summed E-state index contributed by atoms with van der Waals surface area (Å²) < 4.78 is 0. The fourth-order valence-electron chi connectivity index (χ4n) is 2.06. The van der Waals surface area contributed by atoms with Gasteiger partial charge in [0.2, 0.25) is 11.8 Å². The summed E-state index contributed by atoms with van der Waals surface area (Å²) in [6, 6.07) is 7.09. The maximum Gasteiger partial charge on any atom is 0.241 e. The van der Waals surface area contributed by atoms with Crippen molar-refractivity contribution < 1.29 is 9.59 Å². The topological polar surface area (TPSA) is 70.2 Å². The van der Waals surface area contributed by atoms with E-state index in [1.54, 1.807) is 19.1 Å². The largest absolute Gasteiger partial charge is 0.326 e. The molecule has 0 spiro atoms. The van der Waals surface area contributed by atoms with Gasteiger partial charge < -0.3 is 16.0 Å². The third-order valence-electron chi connectivity index (χ3n) is 3.11. The van der Waals surface area contributed by atoms with Crippen LogP contribution in [0.5, 0.6) is 0 Å². The van der Waals surface area contributed by atoms with E-state index in [9.17, 15) is 9.59 Å². The van der Waals surface area contributed by atoms with Crippen LogP contribution in [-0.4, -0.2) is 24.4 Å². The zero-order valence-electron chi connectivity index (χ0n) is 11.0. The van der Waals surface area contributed by atoms with Crippen molar-refractivity contribution >= 4 is 23.2 Å². The summed E-state index contributed by atoms with van der Waals surface area (Å²) in [6.07, 6.45) is 2.34. The molecule has 1 aromatic carbocycles. The summed E-state index contributed by atoms with van der Waals surface area (Å²) in [5.41, 5.74) is 1.40. The van der Waals surface area contributed by atoms with E-state index in [-0.39, 0.29) is 17.9 Å². The molecule has 0 aromatic heterocycles. The zero-order valence-corrected chi connectivity index (χ0v) is 11.0. The third-order valence-corrected chi connectivity index (χ3v) is 3.11. The number of hydrogen-bond acceptors (Lipinski definition) is 3. The monoisotopic (exact) mass is 261 g/mol. The summed E-state index contributed by atoms with van der Waals surface area (Å²) in [5, 5.41) is 8.78. The molecule has 5 nitrogen and oxygen atoms in total. The average molecular weight is 261 g/mol. The Hall–Kier alpha value is -1.88. The molecule has 1 saturated heterocycles. The minimum absolute atomic E-state index is 0.0172. The van der Waals surface area contributed by atoms with E-state index in [1.165, 1.54) is 0 Å².